The molecule has 0 aliphatic carbocycles. The SMILES string of the molecule is CCCCOC(=O)C(CNC)NC. The Morgan fingerprint density at radius 3 is 2.62 bits per heavy atom. The van der Waals surface area contributed by atoms with Crippen LogP contribution in [0, 0.1) is 0 Å². The van der Waals surface area contributed by atoms with Gasteiger partial charge in [-0.3, -0.25) is 4.79 Å². The molecule has 0 saturated heterocycles. The van der Waals surface area contributed by atoms with Crippen LogP contribution in [-0.4, -0.2) is 39.3 Å². The van der Waals surface area contributed by atoms with Gasteiger partial charge in [0.2, 0.25) is 0 Å². The molecule has 0 spiro atoms. The number of hydrogen-bond donors (Lipinski definition) is 2. The molecule has 0 aromatic rings. The normalized spacial score (nSPS) is 12.5. The minimum atomic E-state index is -0.234. The summed E-state index contributed by atoms with van der Waals surface area (Å²) in [6.07, 6.45) is 1.98. The molecule has 0 rings (SSSR count). The van der Waals surface area contributed by atoms with Crippen molar-refractivity contribution in [3.8, 4) is 0 Å². The van der Waals surface area contributed by atoms with E-state index in [1.807, 2.05) is 7.05 Å². The van der Waals surface area contributed by atoms with Crippen LogP contribution >= 0.6 is 0 Å². The lowest BCUT2D eigenvalue weighted by atomic mass is 10.3. The molecule has 0 aliphatic heterocycles. The number of nitrogens with one attached hydrogen (secondary N) is 2. The Balaban J connectivity index is 3.64. The molecule has 0 fully saturated rings. The van der Waals surface area contributed by atoms with Crippen LogP contribution in [0.25, 0.3) is 0 Å². The van der Waals surface area contributed by atoms with Crippen molar-refractivity contribution in [3.05, 3.63) is 0 Å². The first-order valence-corrected chi connectivity index (χ1v) is 4.74. The van der Waals surface area contributed by atoms with Gasteiger partial charge >= 0.3 is 5.97 Å². The van der Waals surface area contributed by atoms with Crippen LogP contribution in [0.5, 0.6) is 0 Å². The number of esters is 1. The smallest absolute Gasteiger partial charge is 0.324 e. The number of carbonyl (C=O) groups is 1. The van der Waals surface area contributed by atoms with Crippen LogP contribution in [0.15, 0.2) is 0 Å². The van der Waals surface area contributed by atoms with Crippen molar-refractivity contribution < 1.29 is 9.53 Å². The second-order valence-corrected chi connectivity index (χ2v) is 2.92. The topological polar surface area (TPSA) is 50.4 Å². The van der Waals surface area contributed by atoms with Crippen LogP contribution in [0.3, 0.4) is 0 Å². The molecule has 0 bridgehead atoms. The third-order valence-corrected chi connectivity index (χ3v) is 1.78. The van der Waals surface area contributed by atoms with Crippen LogP contribution in [-0.2, 0) is 9.53 Å². The molecular weight excluding hydrogens is 168 g/mol. The van der Waals surface area contributed by atoms with Gasteiger partial charge in [-0.25, -0.2) is 0 Å². The second kappa shape index (κ2) is 8.01. The Hall–Kier alpha value is -0.610. The molecule has 2 N–H and O–H groups in total. The van der Waals surface area contributed by atoms with Gasteiger partial charge in [-0.1, -0.05) is 13.3 Å². The Morgan fingerprint density at radius 1 is 1.46 bits per heavy atom. The second-order valence-electron chi connectivity index (χ2n) is 2.92. The van der Waals surface area contributed by atoms with E-state index < -0.39 is 0 Å². The minimum absolute atomic E-state index is 0.176. The first-order chi connectivity index (χ1) is 6.26. The van der Waals surface area contributed by atoms with Crippen molar-refractivity contribution in [3.63, 3.8) is 0 Å². The highest BCUT2D eigenvalue weighted by molar-refractivity contribution is 5.76. The molecule has 0 heterocycles. The molecule has 0 aromatic carbocycles. The average molecular weight is 188 g/mol. The monoisotopic (exact) mass is 188 g/mol. The summed E-state index contributed by atoms with van der Waals surface area (Å²) in [4.78, 5) is 11.3. The van der Waals surface area contributed by atoms with Gasteiger partial charge in [-0.05, 0) is 20.5 Å². The first kappa shape index (κ1) is 12.4. The summed E-state index contributed by atoms with van der Waals surface area (Å²) in [6, 6.07) is -0.234. The zero-order valence-electron chi connectivity index (χ0n) is 8.72. The summed E-state index contributed by atoms with van der Waals surface area (Å²) in [5.74, 6) is -0.176. The molecule has 0 radical (unpaired) electrons. The summed E-state index contributed by atoms with van der Waals surface area (Å²) in [5, 5.41) is 5.82. The third-order valence-electron chi connectivity index (χ3n) is 1.78. The molecule has 78 valence electrons. The van der Waals surface area contributed by atoms with E-state index in [2.05, 4.69) is 17.6 Å². The average Bonchev–Trinajstić information content (AvgIpc) is 2.14. The van der Waals surface area contributed by atoms with E-state index >= 15 is 0 Å². The van der Waals surface area contributed by atoms with Crippen molar-refractivity contribution in [2.24, 2.45) is 0 Å². The number of unbranched alkanes of at least 4 members (excludes halogenated alkanes) is 1. The van der Waals surface area contributed by atoms with E-state index in [9.17, 15) is 4.79 Å². The molecule has 0 aromatic heterocycles. The summed E-state index contributed by atoms with van der Waals surface area (Å²) in [5.41, 5.74) is 0. The van der Waals surface area contributed by atoms with Crippen LogP contribution in [0.4, 0.5) is 0 Å². The van der Waals surface area contributed by atoms with E-state index in [4.69, 9.17) is 4.74 Å². The van der Waals surface area contributed by atoms with Gasteiger partial charge in [0.1, 0.15) is 6.04 Å². The Kier molecular flexibility index (Phi) is 7.63. The highest BCUT2D eigenvalue weighted by Gasteiger charge is 2.15. The molecule has 1 atom stereocenters. The van der Waals surface area contributed by atoms with Crippen molar-refractivity contribution in [2.75, 3.05) is 27.2 Å². The number of ether oxygens (including phenoxy) is 1. The lowest BCUT2D eigenvalue weighted by Crippen LogP contribution is -2.42. The third kappa shape index (κ3) is 5.60. The molecule has 1 unspecified atom stereocenters. The maximum Gasteiger partial charge on any atom is 0.324 e. The Bertz CT molecular complexity index is 140. The fourth-order valence-electron chi connectivity index (χ4n) is 0.925. The fourth-order valence-corrected chi connectivity index (χ4v) is 0.925. The van der Waals surface area contributed by atoms with E-state index in [0.717, 1.165) is 12.8 Å². The lowest BCUT2D eigenvalue weighted by molar-refractivity contribution is -0.146. The molecule has 4 heteroatoms. The van der Waals surface area contributed by atoms with E-state index in [1.54, 1.807) is 7.05 Å². The minimum Gasteiger partial charge on any atom is -0.464 e. The number of hydrogen-bond acceptors (Lipinski definition) is 4. The highest BCUT2D eigenvalue weighted by Crippen LogP contribution is 1.92. The van der Waals surface area contributed by atoms with Gasteiger partial charge in [0.05, 0.1) is 6.61 Å². The predicted octanol–water partition coefficient (Wildman–Crippen LogP) is 0.137. The zero-order valence-corrected chi connectivity index (χ0v) is 8.72. The van der Waals surface area contributed by atoms with Gasteiger partial charge < -0.3 is 15.4 Å². The summed E-state index contributed by atoms with van der Waals surface area (Å²) in [7, 11) is 3.56. The van der Waals surface area contributed by atoms with E-state index in [-0.39, 0.29) is 12.0 Å². The molecule has 0 aliphatic rings. The van der Waals surface area contributed by atoms with Gasteiger partial charge in [-0.15, -0.1) is 0 Å². The number of likely N-dealkylation sites (N-methyl/N-ethyl adjacent to an activating group) is 2. The fraction of sp³-hybridized carbons (Fsp3) is 0.889. The maximum absolute atomic E-state index is 11.3. The van der Waals surface area contributed by atoms with Crippen LogP contribution < -0.4 is 10.6 Å². The van der Waals surface area contributed by atoms with E-state index in [0.29, 0.717) is 13.2 Å². The van der Waals surface area contributed by atoms with E-state index in [1.165, 1.54) is 0 Å². The molecule has 0 saturated carbocycles. The maximum atomic E-state index is 11.3. The quantitative estimate of drug-likeness (QED) is 0.441. The lowest BCUT2D eigenvalue weighted by Gasteiger charge is -2.14. The largest absolute Gasteiger partial charge is 0.464 e. The van der Waals surface area contributed by atoms with Crippen LogP contribution in [0.1, 0.15) is 19.8 Å². The Labute approximate surface area is 80.0 Å². The zero-order chi connectivity index (χ0) is 10.1. The molecule has 4 nitrogen and oxygen atoms in total. The molecular formula is C9H20N2O2. The number of rotatable bonds is 7. The van der Waals surface area contributed by atoms with Crippen molar-refractivity contribution >= 4 is 5.97 Å². The molecule has 13 heavy (non-hydrogen) atoms. The van der Waals surface area contributed by atoms with Crippen LogP contribution in [0.2, 0.25) is 0 Å². The summed E-state index contributed by atoms with van der Waals surface area (Å²) in [6.45, 7) is 3.19. The Morgan fingerprint density at radius 2 is 2.15 bits per heavy atom. The van der Waals surface area contributed by atoms with Crippen molar-refractivity contribution in [1.82, 2.24) is 10.6 Å². The summed E-state index contributed by atoms with van der Waals surface area (Å²) >= 11 is 0. The predicted molar refractivity (Wildman–Crippen MR) is 52.6 cm³/mol. The van der Waals surface area contributed by atoms with Crippen molar-refractivity contribution in [1.29, 1.82) is 0 Å². The van der Waals surface area contributed by atoms with Gasteiger partial charge in [0.15, 0.2) is 0 Å². The summed E-state index contributed by atoms with van der Waals surface area (Å²) < 4.78 is 5.05. The highest BCUT2D eigenvalue weighted by atomic mass is 16.5. The van der Waals surface area contributed by atoms with Gasteiger partial charge in [-0.2, -0.15) is 0 Å². The first-order valence-electron chi connectivity index (χ1n) is 4.74. The molecule has 0 amide bonds. The van der Waals surface area contributed by atoms with Gasteiger partial charge in [0, 0.05) is 6.54 Å². The number of carbonyl (C=O) groups excluding carboxylic acids is 1. The standard InChI is InChI=1S/C9H20N2O2/c1-4-5-6-13-9(12)8(11-3)7-10-2/h8,10-11H,4-7H2,1-3H3. The van der Waals surface area contributed by atoms with Gasteiger partial charge in [0.25, 0.3) is 0 Å². The van der Waals surface area contributed by atoms with Crippen molar-refractivity contribution in [2.45, 2.75) is 25.8 Å².